The van der Waals surface area contributed by atoms with E-state index in [-0.39, 0.29) is 16.3 Å². The van der Waals surface area contributed by atoms with Crippen LogP contribution in [0.25, 0.3) is 0 Å². The molecule has 0 fully saturated rings. The van der Waals surface area contributed by atoms with Gasteiger partial charge in [-0.2, -0.15) is 0 Å². The fraction of sp³-hybridized carbons (Fsp3) is 0.125. The second kappa shape index (κ2) is 9.17. The zero-order valence-corrected chi connectivity index (χ0v) is 16.1. The lowest BCUT2D eigenvalue weighted by Crippen LogP contribution is -2.47. The predicted octanol–water partition coefficient (Wildman–Crippen LogP) is 3.04. The molecule has 152 valence electrons. The van der Waals surface area contributed by atoms with E-state index in [2.05, 4.69) is 5.43 Å². The van der Waals surface area contributed by atoms with Crippen LogP contribution in [0.4, 0.5) is 11.4 Å². The minimum atomic E-state index is -1.09. The van der Waals surface area contributed by atoms with Gasteiger partial charge in [0.2, 0.25) is 0 Å². The minimum absolute atomic E-state index is 0.171. The summed E-state index contributed by atoms with van der Waals surface area (Å²) in [5.41, 5.74) is 2.38. The van der Waals surface area contributed by atoms with Crippen LogP contribution in [0.1, 0.15) is 17.3 Å². The summed E-state index contributed by atoms with van der Waals surface area (Å²) >= 11 is 11.7. The van der Waals surface area contributed by atoms with E-state index in [0.29, 0.717) is 11.1 Å². The third-order valence-corrected chi connectivity index (χ3v) is 3.98. The third kappa shape index (κ3) is 5.77. The standard InChI is InChI=1S/C16H12Cl2N4O7/c1-8(29-14-3-2-10(17)6-13(14)18)15(23)19-20-16(24)9-4-11(21(25)26)7-12(5-9)22(27)28/h2-8H,1H3,(H,19,23)(H,20,24)/t8-/m1/s1. The van der Waals surface area contributed by atoms with Gasteiger partial charge in [0.15, 0.2) is 6.10 Å². The molecule has 2 aromatic rings. The van der Waals surface area contributed by atoms with Gasteiger partial charge in [-0.3, -0.25) is 40.7 Å². The fourth-order valence-electron chi connectivity index (χ4n) is 2.04. The summed E-state index contributed by atoms with van der Waals surface area (Å²) < 4.78 is 5.37. The molecule has 0 bridgehead atoms. The summed E-state index contributed by atoms with van der Waals surface area (Å²) in [5.74, 6) is -1.59. The number of carbonyl (C=O) groups is 2. The molecule has 2 aromatic carbocycles. The Morgan fingerprint density at radius 3 is 2.10 bits per heavy atom. The molecule has 0 aliphatic carbocycles. The molecule has 1 atom stereocenters. The highest BCUT2D eigenvalue weighted by atomic mass is 35.5. The number of amides is 2. The van der Waals surface area contributed by atoms with Crippen molar-refractivity contribution in [3.8, 4) is 5.75 Å². The number of nitro benzene ring substituents is 2. The van der Waals surface area contributed by atoms with Crippen LogP contribution in [0.15, 0.2) is 36.4 Å². The molecule has 2 amide bonds. The molecule has 0 unspecified atom stereocenters. The Kier molecular flexibility index (Phi) is 6.91. The lowest BCUT2D eigenvalue weighted by atomic mass is 10.1. The molecule has 0 spiro atoms. The van der Waals surface area contributed by atoms with Crippen molar-refractivity contribution in [2.75, 3.05) is 0 Å². The van der Waals surface area contributed by atoms with E-state index in [1.807, 2.05) is 5.43 Å². The highest BCUT2D eigenvalue weighted by Crippen LogP contribution is 2.28. The smallest absolute Gasteiger partial charge is 0.279 e. The Morgan fingerprint density at radius 1 is 1.00 bits per heavy atom. The number of ether oxygens (including phenoxy) is 1. The quantitative estimate of drug-likeness (QED) is 0.514. The van der Waals surface area contributed by atoms with E-state index in [1.165, 1.54) is 25.1 Å². The van der Waals surface area contributed by atoms with E-state index in [0.717, 1.165) is 12.1 Å². The highest BCUT2D eigenvalue weighted by Gasteiger charge is 2.21. The first-order valence-electron chi connectivity index (χ1n) is 7.74. The molecule has 0 saturated heterocycles. The zero-order valence-electron chi connectivity index (χ0n) is 14.5. The number of nitro groups is 2. The molecule has 11 nitrogen and oxygen atoms in total. The Labute approximate surface area is 172 Å². The second-order valence-electron chi connectivity index (χ2n) is 5.53. The summed E-state index contributed by atoms with van der Waals surface area (Å²) in [6.45, 7) is 1.38. The van der Waals surface area contributed by atoms with E-state index >= 15 is 0 Å². The van der Waals surface area contributed by atoms with Crippen LogP contribution in [0.3, 0.4) is 0 Å². The van der Waals surface area contributed by atoms with Crippen molar-refractivity contribution in [1.82, 2.24) is 10.9 Å². The van der Waals surface area contributed by atoms with Crippen molar-refractivity contribution in [3.63, 3.8) is 0 Å². The van der Waals surface area contributed by atoms with Gasteiger partial charge in [-0.25, -0.2) is 0 Å². The number of carbonyl (C=O) groups excluding carboxylic acids is 2. The van der Waals surface area contributed by atoms with Gasteiger partial charge in [-0.1, -0.05) is 23.2 Å². The summed E-state index contributed by atoms with van der Waals surface area (Å²) in [5, 5.41) is 22.3. The molecule has 29 heavy (non-hydrogen) atoms. The van der Waals surface area contributed by atoms with Gasteiger partial charge in [-0.05, 0) is 25.1 Å². The van der Waals surface area contributed by atoms with Gasteiger partial charge in [0, 0.05) is 17.2 Å². The van der Waals surface area contributed by atoms with E-state index < -0.39 is 39.1 Å². The van der Waals surface area contributed by atoms with Gasteiger partial charge in [-0.15, -0.1) is 0 Å². The average Bonchev–Trinajstić information content (AvgIpc) is 2.67. The summed E-state index contributed by atoms with van der Waals surface area (Å²) in [6, 6.07) is 6.75. The van der Waals surface area contributed by atoms with E-state index in [4.69, 9.17) is 27.9 Å². The largest absolute Gasteiger partial charge is 0.479 e. The number of benzene rings is 2. The van der Waals surface area contributed by atoms with Gasteiger partial charge in [0.05, 0.1) is 26.5 Å². The van der Waals surface area contributed by atoms with Crippen LogP contribution in [0, 0.1) is 20.2 Å². The fourth-order valence-corrected chi connectivity index (χ4v) is 2.50. The maximum atomic E-state index is 12.1. The highest BCUT2D eigenvalue weighted by molar-refractivity contribution is 6.35. The Bertz CT molecular complexity index is 967. The van der Waals surface area contributed by atoms with Crippen LogP contribution in [-0.2, 0) is 4.79 Å². The average molecular weight is 443 g/mol. The number of non-ortho nitro benzene ring substituents is 2. The first kappa shape index (κ1) is 21.9. The van der Waals surface area contributed by atoms with Crippen LogP contribution in [0.2, 0.25) is 10.0 Å². The first-order chi connectivity index (χ1) is 13.6. The van der Waals surface area contributed by atoms with Crippen LogP contribution in [0.5, 0.6) is 5.75 Å². The van der Waals surface area contributed by atoms with E-state index in [1.54, 1.807) is 0 Å². The number of hydrogen-bond donors (Lipinski definition) is 2. The monoisotopic (exact) mass is 442 g/mol. The van der Waals surface area contributed by atoms with Crippen molar-refractivity contribution in [1.29, 1.82) is 0 Å². The zero-order chi connectivity index (χ0) is 21.7. The molecule has 0 heterocycles. The number of nitrogens with one attached hydrogen (secondary N) is 2. The molecular formula is C16H12Cl2N4O7. The van der Waals surface area contributed by atoms with Gasteiger partial charge in [0.25, 0.3) is 23.2 Å². The third-order valence-electron chi connectivity index (χ3n) is 3.45. The minimum Gasteiger partial charge on any atom is -0.479 e. The molecular weight excluding hydrogens is 431 g/mol. The van der Waals surface area contributed by atoms with Crippen molar-refractivity contribution in [2.45, 2.75) is 13.0 Å². The topological polar surface area (TPSA) is 154 Å². The van der Waals surface area contributed by atoms with Gasteiger partial charge < -0.3 is 4.74 Å². The van der Waals surface area contributed by atoms with Crippen molar-refractivity contribution < 1.29 is 24.2 Å². The Morgan fingerprint density at radius 2 is 1.59 bits per heavy atom. The predicted molar refractivity (Wildman–Crippen MR) is 102 cm³/mol. The van der Waals surface area contributed by atoms with Crippen LogP contribution in [-0.4, -0.2) is 27.8 Å². The van der Waals surface area contributed by atoms with Crippen molar-refractivity contribution in [3.05, 3.63) is 72.2 Å². The maximum Gasteiger partial charge on any atom is 0.279 e. The van der Waals surface area contributed by atoms with Crippen LogP contribution >= 0.6 is 23.2 Å². The lowest BCUT2D eigenvalue weighted by Gasteiger charge is -2.16. The molecule has 2 rings (SSSR count). The number of hydrogen-bond acceptors (Lipinski definition) is 7. The SMILES string of the molecule is C[C@@H](Oc1ccc(Cl)cc1Cl)C(=O)NNC(=O)c1cc([N+](=O)[O-])cc([N+](=O)[O-])c1. The molecule has 2 N–H and O–H groups in total. The summed E-state index contributed by atoms with van der Waals surface area (Å²) in [6.07, 6.45) is -1.09. The van der Waals surface area contributed by atoms with Crippen molar-refractivity contribution in [2.24, 2.45) is 0 Å². The molecule has 0 saturated carbocycles. The summed E-state index contributed by atoms with van der Waals surface area (Å²) in [7, 11) is 0. The summed E-state index contributed by atoms with van der Waals surface area (Å²) in [4.78, 5) is 44.2. The number of nitrogens with zero attached hydrogens (tertiary/aromatic N) is 2. The molecule has 0 aromatic heterocycles. The van der Waals surface area contributed by atoms with Gasteiger partial charge >= 0.3 is 0 Å². The first-order valence-corrected chi connectivity index (χ1v) is 8.50. The second-order valence-corrected chi connectivity index (χ2v) is 6.37. The Hall–Kier alpha value is -3.44. The Balaban J connectivity index is 2.05. The van der Waals surface area contributed by atoms with Gasteiger partial charge in [0.1, 0.15) is 5.75 Å². The number of rotatable bonds is 6. The number of hydrazine groups is 1. The number of halogens is 2. The van der Waals surface area contributed by atoms with E-state index in [9.17, 15) is 29.8 Å². The normalized spacial score (nSPS) is 11.3. The molecule has 0 aliphatic heterocycles. The van der Waals surface area contributed by atoms with Crippen molar-refractivity contribution >= 4 is 46.4 Å². The lowest BCUT2D eigenvalue weighted by molar-refractivity contribution is -0.394. The maximum absolute atomic E-state index is 12.1. The molecule has 0 radical (unpaired) electrons. The molecule has 0 aliphatic rings. The molecule has 13 heteroatoms. The van der Waals surface area contributed by atoms with Crippen LogP contribution < -0.4 is 15.6 Å².